The number of nitrogens with two attached hydrogens (primary N) is 1. The number of esters is 1. The van der Waals surface area contributed by atoms with Crippen LogP contribution in [0.1, 0.15) is 0 Å². The lowest BCUT2D eigenvalue weighted by Crippen LogP contribution is -2.19. The Morgan fingerprint density at radius 3 is 2.62 bits per heavy atom. The third-order valence-electron chi connectivity index (χ3n) is 1.29. The average Bonchev–Trinajstić information content (AvgIpc) is 2.11. The summed E-state index contributed by atoms with van der Waals surface area (Å²) in [6, 6.07) is 4.54. The molecule has 0 radical (unpaired) electrons. The van der Waals surface area contributed by atoms with E-state index in [-0.39, 0.29) is 6.54 Å². The summed E-state index contributed by atoms with van der Waals surface area (Å²) in [4.78, 5) is 10.8. The van der Waals surface area contributed by atoms with E-state index in [1.54, 1.807) is 12.1 Å². The molecule has 0 atom stereocenters. The van der Waals surface area contributed by atoms with Gasteiger partial charge in [-0.1, -0.05) is 23.2 Å². The molecular formula is C8H7Cl2NO2. The number of carbonyl (C=O) groups is 1. The van der Waals surface area contributed by atoms with Crippen molar-refractivity contribution < 1.29 is 9.53 Å². The van der Waals surface area contributed by atoms with Crippen molar-refractivity contribution in [1.29, 1.82) is 0 Å². The van der Waals surface area contributed by atoms with Crippen molar-refractivity contribution in [2.24, 2.45) is 5.73 Å². The zero-order valence-corrected chi connectivity index (χ0v) is 8.10. The maximum atomic E-state index is 10.8. The van der Waals surface area contributed by atoms with E-state index in [0.717, 1.165) is 0 Å². The third kappa shape index (κ3) is 2.88. The average molecular weight is 220 g/mol. The van der Waals surface area contributed by atoms with Gasteiger partial charge >= 0.3 is 5.97 Å². The Morgan fingerprint density at radius 1 is 1.38 bits per heavy atom. The van der Waals surface area contributed by atoms with Crippen LogP contribution in [0.25, 0.3) is 0 Å². The quantitative estimate of drug-likeness (QED) is 0.611. The van der Waals surface area contributed by atoms with E-state index in [0.29, 0.717) is 15.8 Å². The number of hydrogen-bond donors (Lipinski definition) is 1. The normalized spacial score (nSPS) is 9.77. The summed E-state index contributed by atoms with van der Waals surface area (Å²) in [6.07, 6.45) is 0. The second-order valence-corrected chi connectivity index (χ2v) is 3.07. The summed E-state index contributed by atoms with van der Waals surface area (Å²) in [6.45, 7) is -0.166. The van der Waals surface area contributed by atoms with E-state index in [1.807, 2.05) is 0 Å². The fourth-order valence-electron chi connectivity index (χ4n) is 0.713. The number of halogens is 2. The van der Waals surface area contributed by atoms with E-state index in [4.69, 9.17) is 33.7 Å². The Labute approximate surface area is 85.4 Å². The predicted molar refractivity (Wildman–Crippen MR) is 51.2 cm³/mol. The number of carbonyl (C=O) groups excluding carboxylic acids is 1. The maximum Gasteiger partial charge on any atom is 0.325 e. The molecule has 0 aliphatic heterocycles. The Bertz CT molecular complexity index is 328. The first kappa shape index (κ1) is 10.3. The summed E-state index contributed by atoms with van der Waals surface area (Å²) < 4.78 is 4.79. The van der Waals surface area contributed by atoms with Crippen molar-refractivity contribution in [3.8, 4) is 5.75 Å². The van der Waals surface area contributed by atoms with Gasteiger partial charge in [0, 0.05) is 6.07 Å². The summed E-state index contributed by atoms with van der Waals surface area (Å²) in [5.74, 6) is -0.178. The van der Waals surface area contributed by atoms with Gasteiger partial charge in [-0.2, -0.15) is 0 Å². The van der Waals surface area contributed by atoms with Crippen molar-refractivity contribution in [2.75, 3.05) is 6.54 Å². The van der Waals surface area contributed by atoms with Gasteiger partial charge in [-0.3, -0.25) is 4.79 Å². The molecule has 0 aliphatic carbocycles. The number of ether oxygens (including phenoxy) is 1. The van der Waals surface area contributed by atoms with Crippen LogP contribution in [0.3, 0.4) is 0 Å². The minimum Gasteiger partial charge on any atom is -0.426 e. The van der Waals surface area contributed by atoms with Gasteiger partial charge in [-0.05, 0) is 12.1 Å². The molecule has 5 heteroatoms. The highest BCUT2D eigenvalue weighted by molar-refractivity contribution is 6.42. The molecular weight excluding hydrogens is 213 g/mol. The Morgan fingerprint density at radius 2 is 2.08 bits per heavy atom. The third-order valence-corrected chi connectivity index (χ3v) is 2.03. The molecule has 1 aromatic carbocycles. The Kier molecular flexibility index (Phi) is 3.54. The van der Waals surface area contributed by atoms with Crippen molar-refractivity contribution in [3.05, 3.63) is 28.2 Å². The first-order valence-electron chi connectivity index (χ1n) is 3.49. The summed E-state index contributed by atoms with van der Waals surface area (Å²) >= 11 is 11.3. The number of rotatable bonds is 2. The van der Waals surface area contributed by atoms with E-state index < -0.39 is 5.97 Å². The zero-order valence-electron chi connectivity index (χ0n) is 6.59. The van der Waals surface area contributed by atoms with E-state index in [1.165, 1.54) is 6.07 Å². The standard InChI is InChI=1S/C8H7Cl2NO2/c9-6-2-1-5(3-7(6)10)13-8(12)4-11/h1-3H,4,11H2. The minimum atomic E-state index is -0.515. The topological polar surface area (TPSA) is 52.3 Å². The number of hydrogen-bond acceptors (Lipinski definition) is 3. The Hall–Kier alpha value is -0.770. The van der Waals surface area contributed by atoms with Crippen molar-refractivity contribution in [1.82, 2.24) is 0 Å². The molecule has 0 saturated heterocycles. The van der Waals surface area contributed by atoms with Crippen LogP contribution in [0.4, 0.5) is 0 Å². The fourth-order valence-corrected chi connectivity index (χ4v) is 1.00. The molecule has 0 amide bonds. The van der Waals surface area contributed by atoms with Crippen molar-refractivity contribution in [2.45, 2.75) is 0 Å². The van der Waals surface area contributed by atoms with Crippen LogP contribution in [0.5, 0.6) is 5.75 Å². The molecule has 0 aromatic heterocycles. The number of benzene rings is 1. The molecule has 70 valence electrons. The first-order valence-corrected chi connectivity index (χ1v) is 4.25. The molecule has 0 aliphatic rings. The van der Waals surface area contributed by atoms with Gasteiger partial charge in [-0.25, -0.2) is 0 Å². The molecule has 0 spiro atoms. The van der Waals surface area contributed by atoms with Gasteiger partial charge in [-0.15, -0.1) is 0 Å². The van der Waals surface area contributed by atoms with Crippen LogP contribution in [-0.2, 0) is 4.79 Å². The van der Waals surface area contributed by atoms with Crippen molar-refractivity contribution >= 4 is 29.2 Å². The van der Waals surface area contributed by atoms with Gasteiger partial charge < -0.3 is 10.5 Å². The minimum absolute atomic E-state index is 0.166. The largest absolute Gasteiger partial charge is 0.426 e. The smallest absolute Gasteiger partial charge is 0.325 e. The van der Waals surface area contributed by atoms with Gasteiger partial charge in [0.05, 0.1) is 16.6 Å². The van der Waals surface area contributed by atoms with Crippen LogP contribution in [0.2, 0.25) is 10.0 Å². The molecule has 0 heterocycles. The summed E-state index contributed by atoms with van der Waals surface area (Å²) in [5, 5.41) is 0.748. The molecule has 0 unspecified atom stereocenters. The lowest BCUT2D eigenvalue weighted by molar-refractivity contribution is -0.132. The molecule has 0 saturated carbocycles. The van der Waals surface area contributed by atoms with Gasteiger partial charge in [0.15, 0.2) is 0 Å². The summed E-state index contributed by atoms with van der Waals surface area (Å²) in [5.41, 5.74) is 5.05. The second kappa shape index (κ2) is 4.46. The molecule has 1 aromatic rings. The monoisotopic (exact) mass is 219 g/mol. The fraction of sp³-hybridized carbons (Fsp3) is 0.125. The van der Waals surface area contributed by atoms with Crippen LogP contribution in [-0.4, -0.2) is 12.5 Å². The molecule has 1 rings (SSSR count). The molecule has 13 heavy (non-hydrogen) atoms. The SMILES string of the molecule is NCC(=O)Oc1ccc(Cl)c(Cl)c1. The molecule has 0 fully saturated rings. The highest BCUT2D eigenvalue weighted by Gasteiger charge is 2.04. The maximum absolute atomic E-state index is 10.8. The van der Waals surface area contributed by atoms with E-state index in [2.05, 4.69) is 0 Å². The van der Waals surface area contributed by atoms with Crippen LogP contribution in [0, 0.1) is 0 Å². The molecule has 3 nitrogen and oxygen atoms in total. The van der Waals surface area contributed by atoms with E-state index >= 15 is 0 Å². The predicted octanol–water partition coefficient (Wildman–Crippen LogP) is 1.86. The van der Waals surface area contributed by atoms with Gasteiger partial charge in [0.2, 0.25) is 0 Å². The lowest BCUT2D eigenvalue weighted by Gasteiger charge is -2.03. The molecule has 0 bridgehead atoms. The highest BCUT2D eigenvalue weighted by Crippen LogP contribution is 2.26. The van der Waals surface area contributed by atoms with Gasteiger partial charge in [0.25, 0.3) is 0 Å². The summed E-state index contributed by atoms with van der Waals surface area (Å²) in [7, 11) is 0. The zero-order chi connectivity index (χ0) is 9.84. The second-order valence-electron chi connectivity index (χ2n) is 2.25. The van der Waals surface area contributed by atoms with Crippen LogP contribution < -0.4 is 10.5 Å². The van der Waals surface area contributed by atoms with Gasteiger partial charge in [0.1, 0.15) is 5.75 Å². The highest BCUT2D eigenvalue weighted by atomic mass is 35.5. The lowest BCUT2D eigenvalue weighted by atomic mass is 10.3. The first-order chi connectivity index (χ1) is 6.13. The molecule has 2 N–H and O–H groups in total. The van der Waals surface area contributed by atoms with Crippen molar-refractivity contribution in [3.63, 3.8) is 0 Å². The van der Waals surface area contributed by atoms with Crippen LogP contribution in [0.15, 0.2) is 18.2 Å². The van der Waals surface area contributed by atoms with E-state index in [9.17, 15) is 4.79 Å². The van der Waals surface area contributed by atoms with Crippen LogP contribution >= 0.6 is 23.2 Å². The Balaban J connectivity index is 2.79.